The molecule has 20 heavy (non-hydrogen) atoms. The minimum absolute atomic E-state index is 0.676. The Bertz CT molecular complexity index is 514. The van der Waals surface area contributed by atoms with Gasteiger partial charge in [-0.1, -0.05) is 12.7 Å². The van der Waals surface area contributed by atoms with Gasteiger partial charge in [-0.05, 0) is 42.0 Å². The van der Waals surface area contributed by atoms with Crippen molar-refractivity contribution in [3.05, 3.63) is 60.3 Å². The maximum atomic E-state index is 5.65. The predicted octanol–water partition coefficient (Wildman–Crippen LogP) is 3.46. The van der Waals surface area contributed by atoms with Crippen molar-refractivity contribution >= 4 is 5.70 Å². The van der Waals surface area contributed by atoms with E-state index in [2.05, 4.69) is 29.7 Å². The summed E-state index contributed by atoms with van der Waals surface area (Å²) < 4.78 is 10.6. The first-order valence-corrected chi connectivity index (χ1v) is 6.75. The maximum Gasteiger partial charge on any atom is 0.119 e. The fourth-order valence-corrected chi connectivity index (χ4v) is 2.03. The largest absolute Gasteiger partial charge is 0.494 e. The second kappa shape index (κ2) is 6.96. The average molecular weight is 271 g/mol. The normalized spacial score (nSPS) is 14.4. The summed E-state index contributed by atoms with van der Waals surface area (Å²) in [6, 6.07) is 8.14. The van der Waals surface area contributed by atoms with Crippen LogP contribution in [0.25, 0.3) is 5.70 Å². The first kappa shape index (κ1) is 14.4. The van der Waals surface area contributed by atoms with E-state index >= 15 is 0 Å². The maximum absolute atomic E-state index is 5.65. The molecule has 1 heterocycles. The second-order valence-corrected chi connectivity index (χ2v) is 4.68. The number of rotatable bonds is 6. The molecule has 1 aliphatic rings. The smallest absolute Gasteiger partial charge is 0.119 e. The van der Waals surface area contributed by atoms with Gasteiger partial charge in [-0.3, -0.25) is 0 Å². The summed E-state index contributed by atoms with van der Waals surface area (Å²) in [5.74, 6) is 0.887. The monoisotopic (exact) mass is 271 g/mol. The number of ether oxygens (including phenoxy) is 2. The van der Waals surface area contributed by atoms with Crippen molar-refractivity contribution in [3.63, 3.8) is 0 Å². The molecule has 0 saturated heterocycles. The van der Waals surface area contributed by atoms with E-state index in [0.29, 0.717) is 6.61 Å². The molecule has 0 unspecified atom stereocenters. The van der Waals surface area contributed by atoms with Gasteiger partial charge in [0.05, 0.1) is 6.61 Å². The molecule has 1 aliphatic heterocycles. The Morgan fingerprint density at radius 3 is 2.60 bits per heavy atom. The lowest BCUT2D eigenvalue weighted by atomic mass is 10.1. The number of methoxy groups -OCH3 is 1. The van der Waals surface area contributed by atoms with Crippen molar-refractivity contribution in [2.24, 2.45) is 0 Å². The Morgan fingerprint density at radius 1 is 1.15 bits per heavy atom. The van der Waals surface area contributed by atoms with Gasteiger partial charge in [0.1, 0.15) is 5.75 Å². The molecule has 0 saturated carbocycles. The Kier molecular flexibility index (Phi) is 5.02. The van der Waals surface area contributed by atoms with Crippen LogP contribution in [0.5, 0.6) is 5.75 Å². The van der Waals surface area contributed by atoms with Crippen LogP contribution in [0.4, 0.5) is 0 Å². The Morgan fingerprint density at radius 2 is 1.90 bits per heavy atom. The molecule has 0 aromatic heterocycles. The third-order valence-corrected chi connectivity index (χ3v) is 3.25. The van der Waals surface area contributed by atoms with E-state index in [4.69, 9.17) is 9.47 Å². The fourth-order valence-electron chi connectivity index (χ4n) is 2.03. The van der Waals surface area contributed by atoms with Gasteiger partial charge in [0.15, 0.2) is 0 Å². The standard InChI is InChI=1S/C17H21NO2/c1-14-6-4-7-17(18(14)2)15-8-10-16(11-9-15)20-13-5-12-19-3/h4,6-11H,1,5,12-13H2,2-3H3. The third kappa shape index (κ3) is 3.52. The van der Waals surface area contributed by atoms with E-state index in [9.17, 15) is 0 Å². The lowest BCUT2D eigenvalue weighted by Gasteiger charge is -2.25. The Balaban J connectivity index is 1.99. The first-order valence-electron chi connectivity index (χ1n) is 6.75. The van der Waals surface area contributed by atoms with E-state index in [1.165, 1.54) is 0 Å². The summed E-state index contributed by atoms with van der Waals surface area (Å²) in [5.41, 5.74) is 3.29. The highest BCUT2D eigenvalue weighted by Gasteiger charge is 2.11. The SMILES string of the molecule is C=C1C=CC=C(c2ccc(OCCCOC)cc2)N1C. The fraction of sp³-hybridized carbons (Fsp3) is 0.294. The summed E-state index contributed by atoms with van der Waals surface area (Å²) in [4.78, 5) is 2.08. The Hall–Kier alpha value is -2.00. The molecule has 0 bridgehead atoms. The third-order valence-electron chi connectivity index (χ3n) is 3.25. The predicted molar refractivity (Wildman–Crippen MR) is 82.5 cm³/mol. The van der Waals surface area contributed by atoms with Gasteiger partial charge in [0.25, 0.3) is 0 Å². The van der Waals surface area contributed by atoms with E-state index in [0.717, 1.165) is 35.7 Å². The van der Waals surface area contributed by atoms with Crippen LogP contribution in [0.2, 0.25) is 0 Å². The van der Waals surface area contributed by atoms with Gasteiger partial charge in [-0.15, -0.1) is 0 Å². The van der Waals surface area contributed by atoms with Crippen LogP contribution >= 0.6 is 0 Å². The quantitative estimate of drug-likeness (QED) is 0.740. The van der Waals surface area contributed by atoms with Crippen molar-refractivity contribution in [2.45, 2.75) is 6.42 Å². The lowest BCUT2D eigenvalue weighted by molar-refractivity contribution is 0.172. The van der Waals surface area contributed by atoms with Gasteiger partial charge < -0.3 is 14.4 Å². The number of hydrogen-bond donors (Lipinski definition) is 0. The molecule has 3 heteroatoms. The van der Waals surface area contributed by atoms with Crippen molar-refractivity contribution < 1.29 is 9.47 Å². The van der Waals surface area contributed by atoms with Crippen LogP contribution in [-0.4, -0.2) is 32.3 Å². The first-order chi connectivity index (χ1) is 9.72. The highest BCUT2D eigenvalue weighted by molar-refractivity contribution is 5.69. The average Bonchev–Trinajstić information content (AvgIpc) is 2.47. The molecule has 106 valence electrons. The molecular formula is C17H21NO2. The van der Waals surface area contributed by atoms with Crippen molar-refractivity contribution in [2.75, 3.05) is 27.4 Å². The van der Waals surface area contributed by atoms with Gasteiger partial charge in [0, 0.05) is 38.6 Å². The van der Waals surface area contributed by atoms with Gasteiger partial charge in [-0.25, -0.2) is 0 Å². The topological polar surface area (TPSA) is 21.7 Å². The molecule has 3 nitrogen and oxygen atoms in total. The summed E-state index contributed by atoms with van der Waals surface area (Å²) in [7, 11) is 3.72. The number of benzene rings is 1. The van der Waals surface area contributed by atoms with Crippen molar-refractivity contribution in [1.29, 1.82) is 0 Å². The van der Waals surface area contributed by atoms with Gasteiger partial charge in [0.2, 0.25) is 0 Å². The van der Waals surface area contributed by atoms with E-state index in [-0.39, 0.29) is 0 Å². The van der Waals surface area contributed by atoms with Crippen LogP contribution in [0.15, 0.2) is 54.8 Å². The number of nitrogens with zero attached hydrogens (tertiary/aromatic N) is 1. The summed E-state index contributed by atoms with van der Waals surface area (Å²) in [6.07, 6.45) is 7.00. The van der Waals surface area contributed by atoms with Crippen LogP contribution in [0, 0.1) is 0 Å². The van der Waals surface area contributed by atoms with Crippen LogP contribution < -0.4 is 4.74 Å². The van der Waals surface area contributed by atoms with Gasteiger partial charge in [-0.2, -0.15) is 0 Å². The highest BCUT2D eigenvalue weighted by Crippen LogP contribution is 2.26. The second-order valence-electron chi connectivity index (χ2n) is 4.68. The molecule has 0 atom stereocenters. The molecule has 2 rings (SSSR count). The molecule has 0 N–H and O–H groups in total. The minimum Gasteiger partial charge on any atom is -0.494 e. The number of hydrogen-bond acceptors (Lipinski definition) is 3. The molecule has 1 aromatic carbocycles. The van der Waals surface area contributed by atoms with Crippen LogP contribution in [-0.2, 0) is 4.74 Å². The zero-order valence-electron chi connectivity index (χ0n) is 12.1. The van der Waals surface area contributed by atoms with Crippen LogP contribution in [0.3, 0.4) is 0 Å². The minimum atomic E-state index is 0.676. The van der Waals surface area contributed by atoms with Gasteiger partial charge >= 0.3 is 0 Å². The number of allylic oxidation sites excluding steroid dienone is 3. The molecule has 0 radical (unpaired) electrons. The molecule has 0 aliphatic carbocycles. The molecule has 0 fully saturated rings. The van der Waals surface area contributed by atoms with Crippen molar-refractivity contribution in [1.82, 2.24) is 4.90 Å². The highest BCUT2D eigenvalue weighted by atomic mass is 16.5. The molecular weight excluding hydrogens is 250 g/mol. The summed E-state index contributed by atoms with van der Waals surface area (Å²) >= 11 is 0. The Labute approximate surface area is 120 Å². The lowest BCUT2D eigenvalue weighted by Crippen LogP contribution is -2.16. The summed E-state index contributed by atoms with van der Waals surface area (Å²) in [5, 5.41) is 0. The van der Waals surface area contributed by atoms with E-state index in [1.54, 1.807) is 7.11 Å². The summed E-state index contributed by atoms with van der Waals surface area (Å²) in [6.45, 7) is 5.41. The van der Waals surface area contributed by atoms with E-state index < -0.39 is 0 Å². The van der Waals surface area contributed by atoms with Crippen molar-refractivity contribution in [3.8, 4) is 5.75 Å². The molecule has 1 aromatic rings. The number of likely N-dealkylation sites (N-methyl/N-ethyl adjacent to an activating group) is 1. The molecule has 0 amide bonds. The zero-order chi connectivity index (χ0) is 14.4. The molecule has 0 spiro atoms. The van der Waals surface area contributed by atoms with E-state index in [1.807, 2.05) is 31.3 Å². The van der Waals surface area contributed by atoms with Crippen LogP contribution in [0.1, 0.15) is 12.0 Å². The zero-order valence-corrected chi connectivity index (χ0v) is 12.1.